The summed E-state index contributed by atoms with van der Waals surface area (Å²) in [7, 11) is 2.01. The van der Waals surface area contributed by atoms with Gasteiger partial charge in [-0.3, -0.25) is 0 Å². The fourth-order valence-corrected chi connectivity index (χ4v) is 3.61. The molecule has 0 aliphatic carbocycles. The van der Waals surface area contributed by atoms with Crippen LogP contribution in [0.3, 0.4) is 0 Å². The van der Waals surface area contributed by atoms with Crippen molar-refractivity contribution in [2.45, 2.75) is 47.9 Å². The average Bonchev–Trinajstić information content (AvgIpc) is 2.63. The van der Waals surface area contributed by atoms with E-state index >= 15 is 0 Å². The normalized spacial score (nSPS) is 13.3. The molecule has 140 valence electrons. The summed E-state index contributed by atoms with van der Waals surface area (Å²) in [6.45, 7) is 12.2. The molecule has 0 fully saturated rings. The minimum Gasteiger partial charge on any atom is -0.201 e. The van der Waals surface area contributed by atoms with Crippen LogP contribution in [0.4, 0.5) is 0 Å². The number of aromatic nitrogens is 1. The molecule has 0 amide bonds. The van der Waals surface area contributed by atoms with Crippen molar-refractivity contribution in [3.8, 4) is 22.4 Å². The van der Waals surface area contributed by atoms with Crippen LogP contribution in [-0.4, -0.2) is 0 Å². The van der Waals surface area contributed by atoms with Crippen molar-refractivity contribution in [3.63, 3.8) is 0 Å². The number of nitrogens with zero attached hydrogens (tertiary/aromatic N) is 1. The van der Waals surface area contributed by atoms with Gasteiger partial charge in [0.1, 0.15) is 7.05 Å². The lowest BCUT2D eigenvalue weighted by Gasteiger charge is -2.19. The fourth-order valence-electron chi connectivity index (χ4n) is 3.61. The molecule has 0 aliphatic rings. The monoisotopic (exact) mass is 360 g/mol. The number of aryl methyl sites for hydroxylation is 4. The van der Waals surface area contributed by atoms with Crippen LogP contribution in [0.5, 0.6) is 0 Å². The molecule has 0 saturated heterocycles. The zero-order valence-electron chi connectivity index (χ0n) is 19.6. The Bertz CT molecular complexity index is 1040. The molecule has 0 bridgehead atoms. The summed E-state index contributed by atoms with van der Waals surface area (Å²) in [5.74, 6) is 0. The smallest absolute Gasteiger partial charge is 0.201 e. The van der Waals surface area contributed by atoms with Gasteiger partial charge in [0.2, 0.25) is 5.69 Å². The Labute approximate surface area is 167 Å². The van der Waals surface area contributed by atoms with Crippen molar-refractivity contribution in [3.05, 3.63) is 77.0 Å². The van der Waals surface area contributed by atoms with Crippen LogP contribution in [0.25, 0.3) is 22.4 Å². The van der Waals surface area contributed by atoms with E-state index < -0.39 is 11.8 Å². The molecule has 3 rings (SSSR count). The van der Waals surface area contributed by atoms with E-state index in [1.54, 1.807) is 0 Å². The van der Waals surface area contributed by atoms with Gasteiger partial charge in [-0.25, -0.2) is 4.57 Å². The van der Waals surface area contributed by atoms with E-state index in [2.05, 4.69) is 60.9 Å². The van der Waals surface area contributed by atoms with Crippen molar-refractivity contribution >= 4 is 0 Å². The molecule has 1 nitrogen and oxygen atoms in total. The van der Waals surface area contributed by atoms with E-state index in [0.29, 0.717) is 0 Å². The van der Waals surface area contributed by atoms with E-state index in [1.807, 2.05) is 47.0 Å². The number of pyridine rings is 1. The molecule has 0 spiro atoms. The quantitative estimate of drug-likeness (QED) is 0.479. The maximum Gasteiger partial charge on any atom is 0.212 e. The lowest BCUT2D eigenvalue weighted by atomic mass is 9.86. The molecule has 0 aliphatic heterocycles. The third kappa shape index (κ3) is 4.30. The van der Waals surface area contributed by atoms with Crippen LogP contribution in [0, 0.1) is 26.2 Å². The van der Waals surface area contributed by atoms with Crippen LogP contribution in [0.2, 0.25) is 0 Å². The molecule has 2 aromatic carbocycles. The van der Waals surface area contributed by atoms with Crippen LogP contribution in [0.15, 0.2) is 54.7 Å². The SMILES string of the molecule is [2H]C([2H])(c1c[n+](C)c(-c2cc(-c3ccccc3)c(C)cc2C)cc1C)C(C)(C)C. The van der Waals surface area contributed by atoms with E-state index in [1.165, 1.54) is 27.8 Å². The second kappa shape index (κ2) is 7.31. The Morgan fingerprint density at radius 2 is 1.48 bits per heavy atom. The van der Waals surface area contributed by atoms with Crippen molar-refractivity contribution in [2.24, 2.45) is 12.5 Å². The molecule has 1 heteroatoms. The third-order valence-corrected chi connectivity index (χ3v) is 4.92. The Balaban J connectivity index is 2.19. The summed E-state index contributed by atoms with van der Waals surface area (Å²) in [5, 5.41) is 0. The largest absolute Gasteiger partial charge is 0.212 e. The minimum absolute atomic E-state index is 0.480. The Hall–Kier alpha value is -2.41. The van der Waals surface area contributed by atoms with Crippen LogP contribution >= 0.6 is 0 Å². The minimum atomic E-state index is -1.41. The highest BCUT2D eigenvalue weighted by molar-refractivity contribution is 5.75. The summed E-state index contributed by atoms with van der Waals surface area (Å²) in [6.07, 6.45) is 0.558. The first-order valence-corrected chi connectivity index (χ1v) is 9.61. The predicted molar refractivity (Wildman–Crippen MR) is 116 cm³/mol. The number of benzene rings is 2. The number of hydrogen-bond donors (Lipinski definition) is 0. The molecule has 0 radical (unpaired) electrons. The molecule has 0 saturated carbocycles. The molecule has 27 heavy (non-hydrogen) atoms. The van der Waals surface area contributed by atoms with E-state index in [9.17, 15) is 0 Å². The predicted octanol–water partition coefficient (Wildman–Crippen LogP) is 6.36. The van der Waals surface area contributed by atoms with Gasteiger partial charge < -0.3 is 0 Å². The molecule has 1 aromatic heterocycles. The van der Waals surface area contributed by atoms with E-state index in [4.69, 9.17) is 2.74 Å². The zero-order valence-corrected chi connectivity index (χ0v) is 17.6. The lowest BCUT2D eigenvalue weighted by molar-refractivity contribution is -0.660. The highest BCUT2D eigenvalue weighted by Crippen LogP contribution is 2.32. The highest BCUT2D eigenvalue weighted by atomic mass is 14.9. The highest BCUT2D eigenvalue weighted by Gasteiger charge is 2.20. The first kappa shape index (κ1) is 16.7. The summed E-state index contributed by atoms with van der Waals surface area (Å²) >= 11 is 0. The van der Waals surface area contributed by atoms with Crippen molar-refractivity contribution < 1.29 is 7.31 Å². The third-order valence-electron chi connectivity index (χ3n) is 4.92. The van der Waals surface area contributed by atoms with E-state index in [-0.39, 0.29) is 0 Å². The Morgan fingerprint density at radius 1 is 0.852 bits per heavy atom. The second-order valence-corrected chi connectivity index (χ2v) is 8.59. The van der Waals surface area contributed by atoms with Crippen molar-refractivity contribution in [1.29, 1.82) is 0 Å². The van der Waals surface area contributed by atoms with Gasteiger partial charge in [-0.1, -0.05) is 57.2 Å². The maximum absolute atomic E-state index is 8.70. The summed E-state index contributed by atoms with van der Waals surface area (Å²) in [5.41, 5.74) is 8.48. The molecule has 0 unspecified atom stereocenters. The summed E-state index contributed by atoms with van der Waals surface area (Å²) in [4.78, 5) is 0. The number of hydrogen-bond acceptors (Lipinski definition) is 0. The van der Waals surface area contributed by atoms with Gasteiger partial charge in [-0.2, -0.15) is 0 Å². The molecule has 0 atom stereocenters. The van der Waals surface area contributed by atoms with Gasteiger partial charge in [0.05, 0.1) is 0 Å². The molecule has 1 heterocycles. The average molecular weight is 361 g/mol. The van der Waals surface area contributed by atoms with Gasteiger partial charge >= 0.3 is 0 Å². The van der Waals surface area contributed by atoms with Crippen molar-refractivity contribution in [1.82, 2.24) is 0 Å². The van der Waals surface area contributed by atoms with Crippen LogP contribution < -0.4 is 4.57 Å². The van der Waals surface area contributed by atoms with Gasteiger partial charge in [0.15, 0.2) is 6.20 Å². The van der Waals surface area contributed by atoms with Gasteiger partial charge in [-0.15, -0.1) is 0 Å². The number of rotatable bonds is 3. The van der Waals surface area contributed by atoms with Crippen molar-refractivity contribution in [2.75, 3.05) is 0 Å². The Morgan fingerprint density at radius 3 is 2.11 bits per heavy atom. The maximum atomic E-state index is 8.70. The van der Waals surface area contributed by atoms with Crippen LogP contribution in [0.1, 0.15) is 45.8 Å². The first-order valence-electron chi connectivity index (χ1n) is 10.6. The van der Waals surface area contributed by atoms with Gasteiger partial charge in [0.25, 0.3) is 0 Å². The standard InChI is InChI=1S/C26H32N/c1-18-14-25(27(7)17-22(18)16-26(4,5)6)24-15-23(19(2)13-20(24)3)21-11-9-8-10-12-21/h8-15,17H,16H2,1-7H3/q+1/i16D2. The topological polar surface area (TPSA) is 3.88 Å². The summed E-state index contributed by atoms with van der Waals surface area (Å²) < 4.78 is 19.5. The molecule has 3 aromatic rings. The molecule has 0 N–H and O–H groups in total. The first-order chi connectivity index (χ1) is 13.4. The lowest BCUT2D eigenvalue weighted by Crippen LogP contribution is -2.32. The van der Waals surface area contributed by atoms with Gasteiger partial charge in [-0.05, 0) is 66.4 Å². The Kier molecular flexibility index (Phi) is 4.53. The van der Waals surface area contributed by atoms with Crippen LogP contribution in [-0.2, 0) is 13.4 Å². The molecular weight excluding hydrogens is 326 g/mol. The summed E-state index contributed by atoms with van der Waals surface area (Å²) in [6, 6.07) is 17.1. The van der Waals surface area contributed by atoms with Gasteiger partial charge in [0, 0.05) is 19.9 Å². The molecular formula is C26H32N+. The van der Waals surface area contributed by atoms with E-state index in [0.717, 1.165) is 16.8 Å². The fraction of sp³-hybridized carbons (Fsp3) is 0.346. The zero-order chi connectivity index (χ0) is 21.6. The second-order valence-electron chi connectivity index (χ2n) is 8.59.